The quantitative estimate of drug-likeness (QED) is 0.652. The van der Waals surface area contributed by atoms with Crippen LogP contribution in [0.15, 0.2) is 4.90 Å². The van der Waals surface area contributed by atoms with Gasteiger partial charge in [0.15, 0.2) is 20.6 Å². The van der Waals surface area contributed by atoms with Crippen LogP contribution in [0.2, 0.25) is 0 Å². The number of aromatic nitrogens is 2. The number of nitrogens with two attached hydrogens (primary N) is 1. The molecule has 0 aliphatic carbocycles. The van der Waals surface area contributed by atoms with Crippen LogP contribution < -0.4 is 10.6 Å². The van der Waals surface area contributed by atoms with Crippen molar-refractivity contribution in [3.63, 3.8) is 0 Å². The average Bonchev–Trinajstić information content (AvgIpc) is 2.61. The molecule has 17 heavy (non-hydrogen) atoms. The van der Waals surface area contributed by atoms with E-state index in [9.17, 15) is 13.5 Å². The number of nitrogens with zero attached hydrogens (tertiary/aromatic N) is 2. The lowest BCUT2D eigenvalue weighted by Crippen LogP contribution is -2.36. The number of nitrogens with one attached hydrogen (secondary N) is 1. The van der Waals surface area contributed by atoms with Gasteiger partial charge in [0.25, 0.3) is 0 Å². The Morgan fingerprint density at radius 1 is 1.47 bits per heavy atom. The molecule has 7 nitrogen and oxygen atoms in total. The first-order valence-electron chi connectivity index (χ1n) is 5.36. The van der Waals surface area contributed by atoms with Crippen LogP contribution >= 0.6 is 0 Å². The monoisotopic (exact) mass is 260 g/mol. The molecule has 0 bridgehead atoms. The second-order valence-corrected chi connectivity index (χ2v) is 6.23. The molecule has 2 rings (SSSR count). The van der Waals surface area contributed by atoms with Crippen LogP contribution in [0, 0.1) is 0 Å². The summed E-state index contributed by atoms with van der Waals surface area (Å²) < 4.78 is 23.3. The summed E-state index contributed by atoms with van der Waals surface area (Å²) in [6.45, 7) is 1.15. The van der Waals surface area contributed by atoms with Crippen molar-refractivity contribution < 1.29 is 13.5 Å². The predicted octanol–water partition coefficient (Wildman–Crippen LogP) is -0.643. The van der Waals surface area contributed by atoms with Gasteiger partial charge < -0.3 is 15.7 Å². The normalized spacial score (nSPS) is 18.6. The first-order valence-corrected chi connectivity index (χ1v) is 7.25. The van der Waals surface area contributed by atoms with E-state index in [0.29, 0.717) is 31.7 Å². The minimum atomic E-state index is -3.41. The van der Waals surface area contributed by atoms with Crippen LogP contribution in [0.4, 0.5) is 11.6 Å². The van der Waals surface area contributed by atoms with E-state index in [1.165, 1.54) is 0 Å². The molecule has 0 atom stereocenters. The molecule has 1 aromatic heterocycles. The van der Waals surface area contributed by atoms with Crippen molar-refractivity contribution >= 4 is 21.5 Å². The molecule has 4 N–H and O–H groups in total. The molecule has 2 heterocycles. The Kier molecular flexibility index (Phi) is 3.00. The summed E-state index contributed by atoms with van der Waals surface area (Å²) in [5.74, 6) is 0.422. The maximum absolute atomic E-state index is 11.6. The Bertz CT molecular complexity index is 502. The standard InChI is InChI=1S/C9H16N4O3S/c1-17(15,16)7-8(10)11-12-9(7)13-4-2-6(14)3-5-13/h6,14H,2-5H2,1H3,(H3,10,11,12). The molecule has 1 fully saturated rings. The van der Waals surface area contributed by atoms with Crippen LogP contribution in [0.1, 0.15) is 12.8 Å². The van der Waals surface area contributed by atoms with Crippen molar-refractivity contribution in [2.75, 3.05) is 30.0 Å². The van der Waals surface area contributed by atoms with Gasteiger partial charge in [-0.3, -0.25) is 5.10 Å². The number of anilines is 2. The van der Waals surface area contributed by atoms with Crippen molar-refractivity contribution in [2.45, 2.75) is 23.8 Å². The predicted molar refractivity (Wildman–Crippen MR) is 63.6 cm³/mol. The first-order chi connectivity index (χ1) is 7.89. The third kappa shape index (κ3) is 2.37. The Balaban J connectivity index is 2.34. The van der Waals surface area contributed by atoms with E-state index in [0.717, 1.165) is 6.26 Å². The van der Waals surface area contributed by atoms with E-state index >= 15 is 0 Å². The summed E-state index contributed by atoms with van der Waals surface area (Å²) >= 11 is 0. The lowest BCUT2D eigenvalue weighted by atomic mass is 10.1. The van der Waals surface area contributed by atoms with Gasteiger partial charge in [-0.25, -0.2) is 8.42 Å². The number of hydrogen-bond donors (Lipinski definition) is 3. The number of aliphatic hydroxyl groups is 1. The van der Waals surface area contributed by atoms with Crippen LogP contribution in [0.5, 0.6) is 0 Å². The summed E-state index contributed by atoms with van der Waals surface area (Å²) in [5.41, 5.74) is 5.59. The van der Waals surface area contributed by atoms with Gasteiger partial charge in [0.1, 0.15) is 5.82 Å². The zero-order chi connectivity index (χ0) is 12.6. The molecule has 0 aromatic carbocycles. The van der Waals surface area contributed by atoms with Crippen LogP contribution in [0.3, 0.4) is 0 Å². The Morgan fingerprint density at radius 3 is 2.59 bits per heavy atom. The van der Waals surface area contributed by atoms with E-state index in [2.05, 4.69) is 10.2 Å². The molecule has 1 aliphatic rings. The highest BCUT2D eigenvalue weighted by Crippen LogP contribution is 2.29. The van der Waals surface area contributed by atoms with Gasteiger partial charge in [0, 0.05) is 19.3 Å². The number of piperidine rings is 1. The Morgan fingerprint density at radius 2 is 2.06 bits per heavy atom. The van der Waals surface area contributed by atoms with E-state index < -0.39 is 9.84 Å². The van der Waals surface area contributed by atoms with Crippen molar-refractivity contribution in [2.24, 2.45) is 0 Å². The number of hydrogen-bond acceptors (Lipinski definition) is 6. The molecule has 0 saturated carbocycles. The van der Waals surface area contributed by atoms with Gasteiger partial charge >= 0.3 is 0 Å². The second kappa shape index (κ2) is 4.19. The second-order valence-electron chi connectivity index (χ2n) is 4.28. The fourth-order valence-corrected chi connectivity index (χ4v) is 2.94. The molecule has 8 heteroatoms. The van der Waals surface area contributed by atoms with Gasteiger partial charge in [0.2, 0.25) is 0 Å². The number of nitrogen functional groups attached to an aromatic ring is 1. The molecule has 1 aromatic rings. The summed E-state index contributed by atoms with van der Waals surface area (Å²) in [7, 11) is -3.41. The lowest BCUT2D eigenvalue weighted by molar-refractivity contribution is 0.145. The summed E-state index contributed by atoms with van der Waals surface area (Å²) in [5, 5.41) is 15.9. The third-order valence-electron chi connectivity index (χ3n) is 2.86. The molecule has 0 spiro atoms. The van der Waals surface area contributed by atoms with Gasteiger partial charge in [0.05, 0.1) is 6.10 Å². The minimum Gasteiger partial charge on any atom is -0.393 e. The molecule has 0 unspecified atom stereocenters. The van der Waals surface area contributed by atoms with Gasteiger partial charge in [-0.05, 0) is 12.8 Å². The Labute approximate surface area is 99.5 Å². The lowest BCUT2D eigenvalue weighted by Gasteiger charge is -2.30. The number of sulfone groups is 1. The molecule has 0 radical (unpaired) electrons. The van der Waals surface area contributed by atoms with Crippen molar-refractivity contribution in [3.8, 4) is 0 Å². The zero-order valence-corrected chi connectivity index (χ0v) is 10.4. The molecular weight excluding hydrogens is 244 g/mol. The smallest absolute Gasteiger partial charge is 0.182 e. The van der Waals surface area contributed by atoms with Crippen LogP contribution in [-0.2, 0) is 9.84 Å². The number of aliphatic hydroxyl groups excluding tert-OH is 1. The van der Waals surface area contributed by atoms with E-state index in [-0.39, 0.29) is 16.8 Å². The highest BCUT2D eigenvalue weighted by atomic mass is 32.2. The summed E-state index contributed by atoms with van der Waals surface area (Å²) in [6, 6.07) is 0. The van der Waals surface area contributed by atoms with Gasteiger partial charge in [-0.2, -0.15) is 5.10 Å². The third-order valence-corrected chi connectivity index (χ3v) is 4.01. The fourth-order valence-electron chi connectivity index (χ4n) is 1.99. The van der Waals surface area contributed by atoms with Crippen molar-refractivity contribution in [1.82, 2.24) is 10.2 Å². The molecule has 96 valence electrons. The van der Waals surface area contributed by atoms with E-state index in [1.807, 2.05) is 4.90 Å². The highest BCUT2D eigenvalue weighted by Gasteiger charge is 2.27. The molecule has 1 aliphatic heterocycles. The zero-order valence-electron chi connectivity index (χ0n) is 9.55. The van der Waals surface area contributed by atoms with E-state index in [1.54, 1.807) is 0 Å². The largest absolute Gasteiger partial charge is 0.393 e. The van der Waals surface area contributed by atoms with E-state index in [4.69, 9.17) is 5.73 Å². The maximum atomic E-state index is 11.6. The average molecular weight is 260 g/mol. The molecular formula is C9H16N4O3S. The van der Waals surface area contributed by atoms with Gasteiger partial charge in [-0.15, -0.1) is 0 Å². The Hall–Kier alpha value is -1.28. The van der Waals surface area contributed by atoms with Crippen molar-refractivity contribution in [1.29, 1.82) is 0 Å². The van der Waals surface area contributed by atoms with Gasteiger partial charge in [-0.1, -0.05) is 0 Å². The van der Waals surface area contributed by atoms with Crippen LogP contribution in [-0.4, -0.2) is 49.2 Å². The highest BCUT2D eigenvalue weighted by molar-refractivity contribution is 7.91. The summed E-state index contributed by atoms with van der Waals surface area (Å²) in [4.78, 5) is 1.88. The first kappa shape index (κ1) is 12.2. The molecule has 0 amide bonds. The molecule has 1 saturated heterocycles. The number of aromatic amines is 1. The number of H-pyrrole nitrogens is 1. The maximum Gasteiger partial charge on any atom is 0.182 e. The van der Waals surface area contributed by atoms with Crippen molar-refractivity contribution in [3.05, 3.63) is 0 Å². The minimum absolute atomic E-state index is 0.0499. The van der Waals surface area contributed by atoms with Crippen LogP contribution in [0.25, 0.3) is 0 Å². The number of rotatable bonds is 2. The SMILES string of the molecule is CS(=O)(=O)c1c(N2CCC(O)CC2)n[nH]c1N. The summed E-state index contributed by atoms with van der Waals surface area (Å²) in [6.07, 6.45) is 2.01. The topological polar surface area (TPSA) is 112 Å². The fraction of sp³-hybridized carbons (Fsp3) is 0.667.